The van der Waals surface area contributed by atoms with Gasteiger partial charge in [0.2, 0.25) is 0 Å². The van der Waals surface area contributed by atoms with Crippen LogP contribution in [0.1, 0.15) is 11.1 Å². The van der Waals surface area contributed by atoms with E-state index in [1.165, 1.54) is 35.2 Å². The minimum absolute atomic E-state index is 0.126. The van der Waals surface area contributed by atoms with Gasteiger partial charge >= 0.3 is 0 Å². The van der Waals surface area contributed by atoms with Gasteiger partial charge in [0.05, 0.1) is 7.11 Å². The van der Waals surface area contributed by atoms with Gasteiger partial charge in [-0.2, -0.15) is 0 Å². The smallest absolute Gasteiger partial charge is 0.251 e. The minimum atomic E-state index is -0.126. The third-order valence-corrected chi connectivity index (χ3v) is 3.50. The van der Waals surface area contributed by atoms with Crippen LogP contribution in [0.15, 0.2) is 40.4 Å². The molecule has 0 unspecified atom stereocenters. The van der Waals surface area contributed by atoms with E-state index in [9.17, 15) is 4.79 Å². The average Bonchev–Trinajstić information content (AvgIpc) is 2.37. The van der Waals surface area contributed by atoms with Gasteiger partial charge in [-0.1, -0.05) is 17.8 Å². The predicted octanol–water partition coefficient (Wildman–Crippen LogP) is 2.38. The fraction of sp³-hybridized carbons (Fsp3) is 0.231. The lowest BCUT2D eigenvalue weighted by atomic mass is 10.1. The molecular formula is C13H14N2O2S. The average molecular weight is 262 g/mol. The molecule has 4 nitrogen and oxygen atoms in total. The Morgan fingerprint density at radius 1 is 1.39 bits per heavy atom. The van der Waals surface area contributed by atoms with E-state index >= 15 is 0 Å². The zero-order valence-electron chi connectivity index (χ0n) is 10.3. The van der Waals surface area contributed by atoms with Crippen LogP contribution < -0.4 is 10.3 Å². The number of benzene rings is 1. The fourth-order valence-corrected chi connectivity index (χ4v) is 2.45. The second-order valence-electron chi connectivity index (χ2n) is 3.82. The van der Waals surface area contributed by atoms with Crippen molar-refractivity contribution in [3.8, 4) is 5.75 Å². The lowest BCUT2D eigenvalue weighted by Gasteiger charge is -2.07. The summed E-state index contributed by atoms with van der Waals surface area (Å²) in [6, 6.07) is 7.37. The molecule has 0 aliphatic carbocycles. The van der Waals surface area contributed by atoms with Gasteiger partial charge in [-0.05, 0) is 30.2 Å². The van der Waals surface area contributed by atoms with Crippen LogP contribution in [-0.4, -0.2) is 17.1 Å². The molecule has 0 saturated heterocycles. The summed E-state index contributed by atoms with van der Waals surface area (Å²) in [5, 5.41) is 0.637. The van der Waals surface area contributed by atoms with Crippen molar-refractivity contribution in [2.24, 2.45) is 0 Å². The lowest BCUT2D eigenvalue weighted by Crippen LogP contribution is -2.05. The molecule has 2 aromatic rings. The second-order valence-corrected chi connectivity index (χ2v) is 4.78. The largest absolute Gasteiger partial charge is 0.497 e. The minimum Gasteiger partial charge on any atom is -0.497 e. The number of thioether (sulfide) groups is 1. The van der Waals surface area contributed by atoms with E-state index < -0.39 is 0 Å². The number of aromatic amines is 1. The maximum atomic E-state index is 11.1. The lowest BCUT2D eigenvalue weighted by molar-refractivity contribution is 0.414. The molecule has 1 N–H and O–H groups in total. The first-order valence-corrected chi connectivity index (χ1v) is 6.49. The van der Waals surface area contributed by atoms with E-state index in [0.29, 0.717) is 5.16 Å². The Bertz CT molecular complexity index is 596. The molecule has 0 bridgehead atoms. The first-order chi connectivity index (χ1) is 8.69. The first kappa shape index (κ1) is 12.7. The number of nitrogens with one attached hydrogen (secondary N) is 1. The SMILES string of the molecule is COc1ccc(CSc2nccc(=O)[nH]2)c(C)c1. The van der Waals surface area contributed by atoms with E-state index in [1.54, 1.807) is 7.11 Å². The molecule has 0 fully saturated rings. The standard InChI is InChI=1S/C13H14N2O2S/c1-9-7-11(17-2)4-3-10(9)8-18-13-14-6-5-12(16)15-13/h3-7H,8H2,1-2H3,(H,14,15,16). The van der Waals surface area contributed by atoms with Gasteiger partial charge in [0.1, 0.15) is 5.75 Å². The highest BCUT2D eigenvalue weighted by atomic mass is 32.2. The number of nitrogens with zero attached hydrogens (tertiary/aromatic N) is 1. The fourth-order valence-electron chi connectivity index (χ4n) is 1.53. The van der Waals surface area contributed by atoms with Crippen molar-refractivity contribution in [3.05, 3.63) is 51.9 Å². The summed E-state index contributed by atoms with van der Waals surface area (Å²) >= 11 is 1.51. The van der Waals surface area contributed by atoms with Crippen molar-refractivity contribution in [1.82, 2.24) is 9.97 Å². The Morgan fingerprint density at radius 2 is 2.22 bits per heavy atom. The monoisotopic (exact) mass is 262 g/mol. The molecule has 2 rings (SSSR count). The van der Waals surface area contributed by atoms with Crippen LogP contribution in [0.5, 0.6) is 5.75 Å². The number of hydrogen-bond acceptors (Lipinski definition) is 4. The molecule has 0 aliphatic rings. The molecule has 0 spiro atoms. The summed E-state index contributed by atoms with van der Waals surface area (Å²) < 4.78 is 5.16. The maximum Gasteiger partial charge on any atom is 0.251 e. The normalized spacial score (nSPS) is 10.3. The number of H-pyrrole nitrogens is 1. The van der Waals surface area contributed by atoms with Crippen LogP contribution in [0.2, 0.25) is 0 Å². The molecule has 0 radical (unpaired) electrons. The third kappa shape index (κ3) is 3.13. The van der Waals surface area contributed by atoms with Crippen molar-refractivity contribution < 1.29 is 4.74 Å². The van der Waals surface area contributed by atoms with E-state index in [1.807, 2.05) is 25.1 Å². The van der Waals surface area contributed by atoms with Crippen LogP contribution in [-0.2, 0) is 5.75 Å². The number of ether oxygens (including phenoxy) is 1. The van der Waals surface area contributed by atoms with Gasteiger partial charge < -0.3 is 9.72 Å². The summed E-state index contributed by atoms with van der Waals surface area (Å²) in [6.07, 6.45) is 1.52. The van der Waals surface area contributed by atoms with Gasteiger partial charge in [-0.25, -0.2) is 4.98 Å². The third-order valence-electron chi connectivity index (χ3n) is 2.56. The molecule has 0 amide bonds. The molecule has 0 saturated carbocycles. The summed E-state index contributed by atoms with van der Waals surface area (Å²) in [5.74, 6) is 1.62. The second kappa shape index (κ2) is 5.73. The van der Waals surface area contributed by atoms with E-state index in [2.05, 4.69) is 9.97 Å². The highest BCUT2D eigenvalue weighted by Crippen LogP contribution is 2.23. The predicted molar refractivity (Wildman–Crippen MR) is 72.1 cm³/mol. The van der Waals surface area contributed by atoms with Crippen LogP contribution in [0, 0.1) is 6.92 Å². The highest BCUT2D eigenvalue weighted by molar-refractivity contribution is 7.98. The zero-order valence-corrected chi connectivity index (χ0v) is 11.1. The van der Waals surface area contributed by atoms with Gasteiger partial charge in [0.15, 0.2) is 5.16 Å². The Balaban J connectivity index is 2.08. The maximum absolute atomic E-state index is 11.1. The van der Waals surface area contributed by atoms with E-state index in [-0.39, 0.29) is 5.56 Å². The molecule has 94 valence electrons. The van der Waals surface area contributed by atoms with Crippen molar-refractivity contribution >= 4 is 11.8 Å². The van der Waals surface area contributed by atoms with Crippen LogP contribution in [0.4, 0.5) is 0 Å². The molecule has 1 aromatic carbocycles. The van der Waals surface area contributed by atoms with Crippen molar-refractivity contribution in [1.29, 1.82) is 0 Å². The number of rotatable bonds is 4. The molecule has 0 aliphatic heterocycles. The quantitative estimate of drug-likeness (QED) is 0.679. The Kier molecular flexibility index (Phi) is 4.04. The molecule has 0 atom stereocenters. The van der Waals surface area contributed by atoms with E-state index in [0.717, 1.165) is 11.5 Å². The highest BCUT2D eigenvalue weighted by Gasteiger charge is 2.03. The number of methoxy groups -OCH3 is 1. The van der Waals surface area contributed by atoms with Gasteiger partial charge in [-0.3, -0.25) is 4.79 Å². The summed E-state index contributed by atoms with van der Waals surface area (Å²) in [4.78, 5) is 17.9. The Labute approximate surface area is 109 Å². The van der Waals surface area contributed by atoms with Crippen LogP contribution in [0.25, 0.3) is 0 Å². The number of aromatic nitrogens is 2. The van der Waals surface area contributed by atoms with Crippen molar-refractivity contribution in [3.63, 3.8) is 0 Å². The first-order valence-electron chi connectivity index (χ1n) is 5.50. The summed E-state index contributed by atoms with van der Waals surface area (Å²) in [5.41, 5.74) is 2.24. The van der Waals surface area contributed by atoms with Crippen molar-refractivity contribution in [2.75, 3.05) is 7.11 Å². The summed E-state index contributed by atoms with van der Waals surface area (Å²) in [6.45, 7) is 2.04. The molecule has 18 heavy (non-hydrogen) atoms. The number of aryl methyl sites for hydroxylation is 1. The molecule has 5 heteroatoms. The van der Waals surface area contributed by atoms with Crippen molar-refractivity contribution in [2.45, 2.75) is 17.8 Å². The number of hydrogen-bond donors (Lipinski definition) is 1. The summed E-state index contributed by atoms with van der Waals surface area (Å²) in [7, 11) is 1.65. The molecule has 1 heterocycles. The topological polar surface area (TPSA) is 55.0 Å². The molecular weight excluding hydrogens is 248 g/mol. The zero-order chi connectivity index (χ0) is 13.0. The van der Waals surface area contributed by atoms with Crippen LogP contribution >= 0.6 is 11.8 Å². The Hall–Kier alpha value is -1.75. The van der Waals surface area contributed by atoms with E-state index in [4.69, 9.17) is 4.74 Å². The van der Waals surface area contributed by atoms with Gasteiger partial charge in [-0.15, -0.1) is 0 Å². The van der Waals surface area contributed by atoms with Crippen LogP contribution in [0.3, 0.4) is 0 Å². The van der Waals surface area contributed by atoms with Gasteiger partial charge in [0, 0.05) is 18.0 Å². The Morgan fingerprint density at radius 3 is 2.89 bits per heavy atom. The molecule has 1 aromatic heterocycles. The van der Waals surface area contributed by atoms with Gasteiger partial charge in [0.25, 0.3) is 5.56 Å².